The molecule has 4 nitrogen and oxygen atoms in total. The third-order valence-electron chi connectivity index (χ3n) is 5.35. The van der Waals surface area contributed by atoms with Crippen molar-refractivity contribution in [2.75, 3.05) is 26.4 Å². The molecule has 0 aliphatic heterocycles. The average Bonchev–Trinajstić information content (AvgIpc) is 2.70. The molecule has 2 N–H and O–H groups in total. The van der Waals surface area contributed by atoms with Crippen LogP contribution in [0.5, 0.6) is 11.5 Å². The summed E-state index contributed by atoms with van der Waals surface area (Å²) in [4.78, 5) is 0. The van der Waals surface area contributed by atoms with Gasteiger partial charge in [-0.25, -0.2) is 0 Å². The fourth-order valence-electron chi connectivity index (χ4n) is 3.82. The summed E-state index contributed by atoms with van der Waals surface area (Å²) < 4.78 is 12.1. The fourth-order valence-corrected chi connectivity index (χ4v) is 3.82. The van der Waals surface area contributed by atoms with Gasteiger partial charge >= 0.3 is 0 Å². The number of aliphatic hydroxyl groups excluding tert-OH is 2. The third-order valence-corrected chi connectivity index (χ3v) is 5.35. The van der Waals surface area contributed by atoms with Crippen LogP contribution < -0.4 is 9.47 Å². The summed E-state index contributed by atoms with van der Waals surface area (Å²) >= 11 is 0. The van der Waals surface area contributed by atoms with E-state index in [1.54, 1.807) is 0 Å². The van der Waals surface area contributed by atoms with Crippen LogP contribution in [0.2, 0.25) is 0 Å². The Balaban J connectivity index is 2.09. The first kappa shape index (κ1) is 24.2. The van der Waals surface area contributed by atoms with Gasteiger partial charge < -0.3 is 19.7 Å². The molecule has 0 saturated heterocycles. The zero-order valence-corrected chi connectivity index (χ0v) is 19.1. The Morgan fingerprint density at radius 3 is 1.17 bits per heavy atom. The van der Waals surface area contributed by atoms with Gasteiger partial charge in [0.2, 0.25) is 0 Å². The molecule has 0 amide bonds. The van der Waals surface area contributed by atoms with Crippen LogP contribution in [0.15, 0.2) is 24.3 Å². The standard InChI is InChI=1S/C26H38O4/c1-19-15-23(16-20(2)25(19)29-13-9-5-7-11-27)24-17-21(3)26(22(4)18-24)30-14-10-6-8-12-28/h15-18,27-28H,5-14H2,1-4H3. The minimum atomic E-state index is 0.249. The second-order valence-corrected chi connectivity index (χ2v) is 8.14. The SMILES string of the molecule is Cc1cc(-c2cc(C)c(OCCCCCO)c(C)c2)cc(C)c1OCCCCCO. The van der Waals surface area contributed by atoms with Crippen molar-refractivity contribution in [3.8, 4) is 22.6 Å². The van der Waals surface area contributed by atoms with E-state index < -0.39 is 0 Å². The molecular weight excluding hydrogens is 376 g/mol. The summed E-state index contributed by atoms with van der Waals surface area (Å²) in [5.74, 6) is 1.94. The summed E-state index contributed by atoms with van der Waals surface area (Å²) in [6.07, 6.45) is 5.56. The van der Waals surface area contributed by atoms with Crippen LogP contribution in [0.1, 0.15) is 60.8 Å². The number of hydrogen-bond acceptors (Lipinski definition) is 4. The smallest absolute Gasteiger partial charge is 0.125 e. The molecule has 4 heteroatoms. The lowest BCUT2D eigenvalue weighted by Crippen LogP contribution is -2.02. The molecule has 0 radical (unpaired) electrons. The number of rotatable bonds is 13. The Morgan fingerprint density at radius 2 is 0.867 bits per heavy atom. The van der Waals surface area contributed by atoms with Crippen molar-refractivity contribution in [1.82, 2.24) is 0 Å². The van der Waals surface area contributed by atoms with Gasteiger partial charge in [-0.15, -0.1) is 0 Å². The summed E-state index contributed by atoms with van der Waals surface area (Å²) in [5, 5.41) is 17.8. The van der Waals surface area contributed by atoms with Crippen molar-refractivity contribution in [1.29, 1.82) is 0 Å². The topological polar surface area (TPSA) is 58.9 Å². The first-order valence-corrected chi connectivity index (χ1v) is 11.2. The van der Waals surface area contributed by atoms with E-state index in [0.29, 0.717) is 13.2 Å². The van der Waals surface area contributed by atoms with E-state index in [0.717, 1.165) is 72.3 Å². The minimum Gasteiger partial charge on any atom is -0.493 e. The van der Waals surface area contributed by atoms with E-state index in [9.17, 15) is 0 Å². The maximum Gasteiger partial charge on any atom is 0.125 e. The Kier molecular flexibility index (Phi) is 10.2. The normalized spacial score (nSPS) is 11.0. The van der Waals surface area contributed by atoms with Crippen LogP contribution in [0.4, 0.5) is 0 Å². The molecule has 0 atom stereocenters. The van der Waals surface area contributed by atoms with E-state index >= 15 is 0 Å². The lowest BCUT2D eigenvalue weighted by atomic mass is 9.96. The number of hydrogen-bond donors (Lipinski definition) is 2. The molecule has 30 heavy (non-hydrogen) atoms. The molecule has 0 aliphatic carbocycles. The number of ether oxygens (including phenoxy) is 2. The maximum atomic E-state index is 8.88. The Bertz CT molecular complexity index is 684. The molecule has 2 aromatic carbocycles. The molecular formula is C26H38O4. The van der Waals surface area contributed by atoms with E-state index in [1.165, 1.54) is 11.1 Å². The van der Waals surface area contributed by atoms with E-state index in [-0.39, 0.29) is 13.2 Å². The molecule has 0 aliphatic rings. The van der Waals surface area contributed by atoms with Gasteiger partial charge in [0.1, 0.15) is 11.5 Å². The predicted molar refractivity (Wildman–Crippen MR) is 124 cm³/mol. The highest BCUT2D eigenvalue weighted by Gasteiger charge is 2.12. The number of aryl methyl sites for hydroxylation is 4. The molecule has 2 rings (SSSR count). The first-order chi connectivity index (χ1) is 14.5. The lowest BCUT2D eigenvalue weighted by molar-refractivity contribution is 0.264. The quantitative estimate of drug-likeness (QED) is 0.415. The van der Waals surface area contributed by atoms with Crippen LogP contribution >= 0.6 is 0 Å². The van der Waals surface area contributed by atoms with Crippen LogP contribution in [0, 0.1) is 27.7 Å². The largest absolute Gasteiger partial charge is 0.493 e. The Hall–Kier alpha value is -2.04. The molecule has 2 aromatic rings. The average molecular weight is 415 g/mol. The van der Waals surface area contributed by atoms with Crippen LogP contribution in [-0.2, 0) is 0 Å². The zero-order valence-electron chi connectivity index (χ0n) is 19.1. The van der Waals surface area contributed by atoms with Crippen molar-refractivity contribution >= 4 is 0 Å². The molecule has 0 heterocycles. The van der Waals surface area contributed by atoms with E-state index in [1.807, 2.05) is 0 Å². The molecule has 0 unspecified atom stereocenters. The molecule has 0 aromatic heterocycles. The molecule has 0 fully saturated rings. The fraction of sp³-hybridized carbons (Fsp3) is 0.538. The van der Waals surface area contributed by atoms with Crippen molar-refractivity contribution < 1.29 is 19.7 Å². The predicted octanol–water partition coefficient (Wildman–Crippen LogP) is 5.67. The second-order valence-electron chi connectivity index (χ2n) is 8.14. The molecule has 0 bridgehead atoms. The number of unbranched alkanes of at least 4 members (excludes halogenated alkanes) is 4. The molecule has 0 saturated carbocycles. The number of aliphatic hydroxyl groups is 2. The lowest BCUT2D eigenvalue weighted by Gasteiger charge is -2.17. The van der Waals surface area contributed by atoms with Gasteiger partial charge in [-0.2, -0.15) is 0 Å². The molecule has 166 valence electrons. The second kappa shape index (κ2) is 12.6. The van der Waals surface area contributed by atoms with Crippen molar-refractivity contribution in [2.45, 2.75) is 66.2 Å². The monoisotopic (exact) mass is 414 g/mol. The van der Waals surface area contributed by atoms with Crippen LogP contribution in [-0.4, -0.2) is 36.6 Å². The van der Waals surface area contributed by atoms with Gasteiger partial charge in [0.05, 0.1) is 13.2 Å². The summed E-state index contributed by atoms with van der Waals surface area (Å²) in [7, 11) is 0. The minimum absolute atomic E-state index is 0.249. The maximum absolute atomic E-state index is 8.88. The summed E-state index contributed by atoms with van der Waals surface area (Å²) in [6, 6.07) is 8.78. The van der Waals surface area contributed by atoms with Crippen LogP contribution in [0.3, 0.4) is 0 Å². The highest BCUT2D eigenvalue weighted by atomic mass is 16.5. The Labute approximate surface area is 181 Å². The van der Waals surface area contributed by atoms with Gasteiger partial charge in [-0.1, -0.05) is 0 Å². The summed E-state index contributed by atoms with van der Waals surface area (Å²) in [5.41, 5.74) is 6.97. The molecule has 0 spiro atoms. The van der Waals surface area contributed by atoms with Crippen LogP contribution in [0.25, 0.3) is 11.1 Å². The van der Waals surface area contributed by atoms with Gasteiger partial charge in [-0.05, 0) is 124 Å². The zero-order chi connectivity index (χ0) is 21.9. The van der Waals surface area contributed by atoms with Gasteiger partial charge in [0.15, 0.2) is 0 Å². The van der Waals surface area contributed by atoms with E-state index in [4.69, 9.17) is 19.7 Å². The highest BCUT2D eigenvalue weighted by molar-refractivity contribution is 5.70. The summed E-state index contributed by atoms with van der Waals surface area (Å²) in [6.45, 7) is 10.3. The Morgan fingerprint density at radius 1 is 0.533 bits per heavy atom. The number of benzene rings is 2. The third kappa shape index (κ3) is 7.03. The van der Waals surface area contributed by atoms with Gasteiger partial charge in [-0.3, -0.25) is 0 Å². The van der Waals surface area contributed by atoms with Crippen molar-refractivity contribution in [2.24, 2.45) is 0 Å². The van der Waals surface area contributed by atoms with Crippen molar-refractivity contribution in [3.63, 3.8) is 0 Å². The highest BCUT2D eigenvalue weighted by Crippen LogP contribution is 2.34. The van der Waals surface area contributed by atoms with Gasteiger partial charge in [0, 0.05) is 13.2 Å². The van der Waals surface area contributed by atoms with Gasteiger partial charge in [0.25, 0.3) is 0 Å². The first-order valence-electron chi connectivity index (χ1n) is 11.2. The van der Waals surface area contributed by atoms with E-state index in [2.05, 4.69) is 52.0 Å². The van der Waals surface area contributed by atoms with Crippen molar-refractivity contribution in [3.05, 3.63) is 46.5 Å².